The maximum atomic E-state index is 13.8. The first-order valence-electron chi connectivity index (χ1n) is 10.5. The second-order valence-electron chi connectivity index (χ2n) is 10.1. The van der Waals surface area contributed by atoms with Gasteiger partial charge in [0, 0.05) is 31.8 Å². The molecular formula is C21H39F2NO4. The predicted molar refractivity (Wildman–Crippen MR) is 105 cm³/mol. The van der Waals surface area contributed by atoms with Crippen molar-refractivity contribution in [3.63, 3.8) is 0 Å². The van der Waals surface area contributed by atoms with Crippen molar-refractivity contribution >= 4 is 0 Å². The topological polar surface area (TPSA) is 40.2 Å². The molecule has 28 heavy (non-hydrogen) atoms. The molecule has 0 N–H and O–H groups in total. The highest BCUT2D eigenvalue weighted by Crippen LogP contribution is 2.30. The van der Waals surface area contributed by atoms with Crippen molar-refractivity contribution in [2.45, 2.75) is 96.2 Å². The Morgan fingerprint density at radius 2 is 1.46 bits per heavy atom. The summed E-state index contributed by atoms with van der Waals surface area (Å²) in [6.45, 7) is 13.5. The minimum Gasteiger partial charge on any atom is -0.378 e. The summed E-state index contributed by atoms with van der Waals surface area (Å²) in [6.07, 6.45) is 2.81. The highest BCUT2D eigenvalue weighted by Gasteiger charge is 2.38. The summed E-state index contributed by atoms with van der Waals surface area (Å²) >= 11 is 0. The molecule has 1 saturated carbocycles. The van der Waals surface area contributed by atoms with Gasteiger partial charge in [0.1, 0.15) is 13.2 Å². The number of halogens is 2. The molecule has 2 rings (SSSR count). The standard InChI is InChI=1S/C21H39F2NO4/c1-19(2,3)24-12-18(13-24)27-15-21(22,23)14-25-8-7-9-26-16-10-17(11-16)28-20(4,5)6/h16-18H,7-15H2,1-6H3. The lowest BCUT2D eigenvalue weighted by atomic mass is 9.91. The summed E-state index contributed by atoms with van der Waals surface area (Å²) < 4.78 is 49.7. The Balaban J connectivity index is 1.43. The average molecular weight is 408 g/mol. The fraction of sp³-hybridized carbons (Fsp3) is 1.00. The minimum absolute atomic E-state index is 0.0631. The Morgan fingerprint density at radius 3 is 2.04 bits per heavy atom. The van der Waals surface area contributed by atoms with Crippen molar-refractivity contribution in [1.82, 2.24) is 4.90 Å². The highest BCUT2D eigenvalue weighted by molar-refractivity contribution is 4.89. The molecule has 166 valence electrons. The van der Waals surface area contributed by atoms with Crippen molar-refractivity contribution in [3.05, 3.63) is 0 Å². The Kier molecular flexibility index (Phi) is 8.25. The minimum atomic E-state index is -2.95. The van der Waals surface area contributed by atoms with Gasteiger partial charge < -0.3 is 18.9 Å². The van der Waals surface area contributed by atoms with Crippen molar-refractivity contribution < 1.29 is 27.7 Å². The lowest BCUT2D eigenvalue weighted by Crippen LogP contribution is -2.60. The summed E-state index contributed by atoms with van der Waals surface area (Å²) in [4.78, 5) is 2.21. The van der Waals surface area contributed by atoms with Gasteiger partial charge in [0.05, 0.1) is 23.9 Å². The number of alkyl halides is 2. The van der Waals surface area contributed by atoms with E-state index in [-0.39, 0.29) is 36.1 Å². The van der Waals surface area contributed by atoms with Crippen LogP contribution in [0.4, 0.5) is 8.78 Å². The third-order valence-electron chi connectivity index (χ3n) is 5.00. The summed E-state index contributed by atoms with van der Waals surface area (Å²) in [5.41, 5.74) is -0.0589. The number of hydrogen-bond donors (Lipinski definition) is 0. The second-order valence-corrected chi connectivity index (χ2v) is 10.1. The zero-order chi connectivity index (χ0) is 21.0. The molecule has 0 aromatic heterocycles. The fourth-order valence-corrected chi connectivity index (χ4v) is 3.25. The molecule has 0 spiro atoms. The van der Waals surface area contributed by atoms with E-state index < -0.39 is 19.1 Å². The molecule has 1 saturated heterocycles. The molecule has 0 atom stereocenters. The van der Waals surface area contributed by atoms with Crippen LogP contribution in [0.25, 0.3) is 0 Å². The van der Waals surface area contributed by atoms with Crippen molar-refractivity contribution in [3.8, 4) is 0 Å². The third-order valence-corrected chi connectivity index (χ3v) is 5.00. The van der Waals surface area contributed by atoms with E-state index in [1.165, 1.54) is 0 Å². The van der Waals surface area contributed by atoms with Crippen LogP contribution in [0, 0.1) is 0 Å². The lowest BCUT2D eigenvalue weighted by Gasteiger charge is -2.47. The van der Waals surface area contributed by atoms with Crippen LogP contribution < -0.4 is 0 Å². The molecule has 0 aromatic carbocycles. The van der Waals surface area contributed by atoms with Crippen LogP contribution in [-0.2, 0) is 18.9 Å². The van der Waals surface area contributed by atoms with Gasteiger partial charge in [-0.15, -0.1) is 0 Å². The van der Waals surface area contributed by atoms with Crippen LogP contribution in [0.5, 0.6) is 0 Å². The van der Waals surface area contributed by atoms with E-state index in [9.17, 15) is 8.78 Å². The van der Waals surface area contributed by atoms with E-state index in [1.54, 1.807) is 0 Å². The first-order valence-corrected chi connectivity index (χ1v) is 10.5. The number of rotatable bonds is 11. The number of likely N-dealkylation sites (tertiary alicyclic amines) is 1. The SMILES string of the molecule is CC(C)(C)OC1CC(OCCCOCC(F)(F)COC2CN(C(C)(C)C)C2)C1. The molecule has 0 bridgehead atoms. The monoisotopic (exact) mass is 407 g/mol. The molecule has 7 heteroatoms. The second kappa shape index (κ2) is 9.65. The quantitative estimate of drug-likeness (QED) is 0.486. The molecule has 0 aromatic rings. The molecule has 5 nitrogen and oxygen atoms in total. The van der Waals surface area contributed by atoms with Gasteiger partial charge in [0.15, 0.2) is 0 Å². The summed E-state index contributed by atoms with van der Waals surface area (Å²) in [6, 6.07) is 0. The van der Waals surface area contributed by atoms with Gasteiger partial charge in [-0.2, -0.15) is 0 Å². The molecule has 1 aliphatic heterocycles. The van der Waals surface area contributed by atoms with Crippen LogP contribution in [0.1, 0.15) is 60.8 Å². The maximum Gasteiger partial charge on any atom is 0.293 e. The van der Waals surface area contributed by atoms with Gasteiger partial charge in [-0.1, -0.05) is 0 Å². The Hall–Kier alpha value is -0.340. The number of hydrogen-bond acceptors (Lipinski definition) is 5. The van der Waals surface area contributed by atoms with Gasteiger partial charge in [-0.3, -0.25) is 4.90 Å². The third kappa shape index (κ3) is 8.57. The molecule has 0 radical (unpaired) electrons. The largest absolute Gasteiger partial charge is 0.378 e. The zero-order valence-corrected chi connectivity index (χ0v) is 18.4. The molecule has 2 aliphatic rings. The zero-order valence-electron chi connectivity index (χ0n) is 18.4. The van der Waals surface area contributed by atoms with Gasteiger partial charge >= 0.3 is 0 Å². The van der Waals surface area contributed by atoms with E-state index >= 15 is 0 Å². The molecule has 0 amide bonds. The van der Waals surface area contributed by atoms with Gasteiger partial charge in [-0.05, 0) is 60.8 Å². The van der Waals surface area contributed by atoms with E-state index in [0.29, 0.717) is 26.1 Å². The Morgan fingerprint density at radius 1 is 0.821 bits per heavy atom. The number of ether oxygens (including phenoxy) is 4. The van der Waals surface area contributed by atoms with E-state index in [2.05, 4.69) is 25.7 Å². The van der Waals surface area contributed by atoms with Crippen molar-refractivity contribution in [1.29, 1.82) is 0 Å². The normalized spacial score (nSPS) is 24.9. The van der Waals surface area contributed by atoms with Crippen LogP contribution in [-0.4, -0.2) is 79.8 Å². The predicted octanol–water partition coefficient (Wildman–Crippen LogP) is 3.89. The summed E-state index contributed by atoms with van der Waals surface area (Å²) in [5, 5.41) is 0. The molecular weight excluding hydrogens is 368 g/mol. The Bertz CT molecular complexity index is 464. The van der Waals surface area contributed by atoms with Crippen LogP contribution in [0.2, 0.25) is 0 Å². The molecule has 0 unspecified atom stereocenters. The smallest absolute Gasteiger partial charge is 0.293 e. The molecule has 1 aliphatic carbocycles. The van der Waals surface area contributed by atoms with Crippen LogP contribution >= 0.6 is 0 Å². The lowest BCUT2D eigenvalue weighted by molar-refractivity contribution is -0.168. The van der Waals surface area contributed by atoms with Crippen LogP contribution in [0.15, 0.2) is 0 Å². The highest BCUT2D eigenvalue weighted by atomic mass is 19.3. The summed E-state index contributed by atoms with van der Waals surface area (Å²) in [7, 11) is 0. The van der Waals surface area contributed by atoms with E-state index in [1.807, 2.05) is 20.8 Å². The molecule has 1 heterocycles. The molecule has 2 fully saturated rings. The Labute approximate surface area is 169 Å². The van der Waals surface area contributed by atoms with Crippen molar-refractivity contribution in [2.75, 3.05) is 39.5 Å². The first-order chi connectivity index (χ1) is 12.8. The van der Waals surface area contributed by atoms with E-state index in [0.717, 1.165) is 12.8 Å². The van der Waals surface area contributed by atoms with Gasteiger partial charge in [-0.25, -0.2) is 8.78 Å². The summed E-state index contributed by atoms with van der Waals surface area (Å²) in [5.74, 6) is -2.95. The van der Waals surface area contributed by atoms with Crippen molar-refractivity contribution in [2.24, 2.45) is 0 Å². The fourth-order valence-electron chi connectivity index (χ4n) is 3.25. The first kappa shape index (κ1) is 23.9. The maximum absolute atomic E-state index is 13.8. The van der Waals surface area contributed by atoms with Gasteiger partial charge in [0.25, 0.3) is 5.92 Å². The van der Waals surface area contributed by atoms with E-state index in [4.69, 9.17) is 18.9 Å². The number of nitrogens with zero attached hydrogens (tertiary/aromatic N) is 1. The van der Waals surface area contributed by atoms with Gasteiger partial charge in [0.2, 0.25) is 0 Å². The average Bonchev–Trinajstić information content (AvgIpc) is 2.43. The van der Waals surface area contributed by atoms with Crippen LogP contribution in [0.3, 0.4) is 0 Å².